The molecule has 2 aromatic carbocycles. The number of fused-ring (bicyclic) bond motifs is 1. The van der Waals surface area contributed by atoms with Crippen LogP contribution in [0.2, 0.25) is 0 Å². The van der Waals surface area contributed by atoms with Crippen molar-refractivity contribution >= 4 is 11.8 Å². The number of amides is 2. The molecule has 0 aliphatic carbocycles. The molecule has 1 aliphatic heterocycles. The second-order valence-electron chi connectivity index (χ2n) is 8.68. The van der Waals surface area contributed by atoms with E-state index in [-0.39, 0.29) is 11.8 Å². The van der Waals surface area contributed by atoms with Crippen LogP contribution in [-0.2, 0) is 22.6 Å². The minimum atomic E-state index is -0.589. The number of hydrogen-bond donors (Lipinski definition) is 1. The Bertz CT molecular complexity index is 923. The minimum absolute atomic E-state index is 0.148. The van der Waals surface area contributed by atoms with E-state index in [1.54, 1.807) is 6.92 Å². The normalized spacial score (nSPS) is 14.2. The molecule has 0 aromatic heterocycles. The molecule has 1 unspecified atom stereocenters. The summed E-state index contributed by atoms with van der Waals surface area (Å²) in [5.41, 5.74) is 4.77. The molecule has 5 nitrogen and oxygen atoms in total. The first-order valence-electron chi connectivity index (χ1n) is 11.2. The molecule has 1 heterocycles. The van der Waals surface area contributed by atoms with Gasteiger partial charge in [-0.05, 0) is 60.9 Å². The fourth-order valence-electron chi connectivity index (χ4n) is 3.93. The van der Waals surface area contributed by atoms with Crippen molar-refractivity contribution in [3.8, 4) is 5.75 Å². The van der Waals surface area contributed by atoms with Gasteiger partial charge >= 0.3 is 0 Å². The van der Waals surface area contributed by atoms with Crippen molar-refractivity contribution in [3.63, 3.8) is 0 Å². The third-order valence-corrected chi connectivity index (χ3v) is 5.81. The maximum Gasteiger partial charge on any atom is 0.260 e. The van der Waals surface area contributed by atoms with Crippen molar-refractivity contribution in [2.24, 2.45) is 0 Å². The Morgan fingerprint density at radius 2 is 1.84 bits per heavy atom. The van der Waals surface area contributed by atoms with Gasteiger partial charge in [0.2, 0.25) is 5.91 Å². The highest BCUT2D eigenvalue weighted by molar-refractivity contribution is 5.81. The molecule has 2 amide bonds. The van der Waals surface area contributed by atoms with Crippen molar-refractivity contribution < 1.29 is 14.3 Å². The lowest BCUT2D eigenvalue weighted by Crippen LogP contribution is -2.38. The largest absolute Gasteiger partial charge is 0.481 e. The Labute approximate surface area is 185 Å². The number of carbonyl (C=O) groups excluding carboxylic acids is 2. The summed E-state index contributed by atoms with van der Waals surface area (Å²) in [7, 11) is 0. The molecule has 166 valence electrons. The SMILES string of the molecule is Cc1ccc(C(C)C)c(OC(C)C(=O)NCCCC(=O)N2CCc3ccccc3C2)c1. The maximum atomic E-state index is 12.5. The first-order chi connectivity index (χ1) is 14.8. The van der Waals surface area contributed by atoms with Crippen molar-refractivity contribution in [2.75, 3.05) is 13.1 Å². The molecule has 0 spiro atoms. The van der Waals surface area contributed by atoms with Gasteiger partial charge in [0.15, 0.2) is 6.10 Å². The Balaban J connectivity index is 1.42. The monoisotopic (exact) mass is 422 g/mol. The molecule has 2 aromatic rings. The number of ether oxygens (including phenoxy) is 1. The summed E-state index contributed by atoms with van der Waals surface area (Å²) in [4.78, 5) is 26.9. The quantitative estimate of drug-likeness (QED) is 0.643. The second kappa shape index (κ2) is 10.5. The Kier molecular flexibility index (Phi) is 7.72. The summed E-state index contributed by atoms with van der Waals surface area (Å²) in [6, 6.07) is 14.4. The van der Waals surface area contributed by atoms with Crippen LogP contribution in [0.5, 0.6) is 5.75 Å². The van der Waals surface area contributed by atoms with Crippen LogP contribution in [0.1, 0.15) is 61.8 Å². The van der Waals surface area contributed by atoms with Crippen LogP contribution < -0.4 is 10.1 Å². The van der Waals surface area contributed by atoms with Crippen LogP contribution in [0.15, 0.2) is 42.5 Å². The Morgan fingerprint density at radius 3 is 2.58 bits per heavy atom. The summed E-state index contributed by atoms with van der Waals surface area (Å²) >= 11 is 0. The molecule has 1 aliphatic rings. The van der Waals surface area contributed by atoms with Gasteiger partial charge in [0.1, 0.15) is 5.75 Å². The number of rotatable bonds is 8. The van der Waals surface area contributed by atoms with Gasteiger partial charge in [-0.15, -0.1) is 0 Å². The standard InChI is InChI=1S/C26H34N2O3/c1-18(2)23-12-11-19(3)16-24(23)31-20(4)26(30)27-14-7-10-25(29)28-15-13-21-8-5-6-9-22(21)17-28/h5-6,8-9,11-12,16,18,20H,7,10,13-15,17H2,1-4H3,(H,27,30). The number of nitrogens with zero attached hydrogens (tertiary/aromatic N) is 1. The van der Waals surface area contributed by atoms with E-state index in [2.05, 4.69) is 43.4 Å². The molecule has 1 atom stereocenters. The zero-order valence-electron chi connectivity index (χ0n) is 19.1. The number of benzene rings is 2. The van der Waals surface area contributed by atoms with Gasteiger partial charge in [-0.25, -0.2) is 0 Å². The van der Waals surface area contributed by atoms with E-state index in [4.69, 9.17) is 4.74 Å². The van der Waals surface area contributed by atoms with E-state index in [1.165, 1.54) is 11.1 Å². The highest BCUT2D eigenvalue weighted by Gasteiger charge is 2.21. The lowest BCUT2D eigenvalue weighted by Gasteiger charge is -2.29. The van der Waals surface area contributed by atoms with E-state index in [0.717, 1.165) is 29.8 Å². The lowest BCUT2D eigenvalue weighted by atomic mass is 9.99. The zero-order chi connectivity index (χ0) is 22.4. The van der Waals surface area contributed by atoms with Gasteiger partial charge < -0.3 is 15.0 Å². The summed E-state index contributed by atoms with van der Waals surface area (Å²) in [5, 5.41) is 2.91. The van der Waals surface area contributed by atoms with Gasteiger partial charge in [0.25, 0.3) is 5.91 Å². The predicted molar refractivity (Wildman–Crippen MR) is 123 cm³/mol. The maximum absolute atomic E-state index is 12.5. The van der Waals surface area contributed by atoms with E-state index < -0.39 is 6.10 Å². The van der Waals surface area contributed by atoms with Gasteiger partial charge in [0.05, 0.1) is 0 Å². The highest BCUT2D eigenvalue weighted by atomic mass is 16.5. The molecular formula is C26H34N2O3. The van der Waals surface area contributed by atoms with Crippen LogP contribution in [0.4, 0.5) is 0 Å². The second-order valence-corrected chi connectivity index (χ2v) is 8.68. The summed E-state index contributed by atoms with van der Waals surface area (Å²) in [6.07, 6.45) is 1.38. The Hall–Kier alpha value is -2.82. The first kappa shape index (κ1) is 22.9. The highest BCUT2D eigenvalue weighted by Crippen LogP contribution is 2.28. The van der Waals surface area contributed by atoms with E-state index in [0.29, 0.717) is 31.8 Å². The fourth-order valence-corrected chi connectivity index (χ4v) is 3.93. The molecular weight excluding hydrogens is 388 g/mol. The average Bonchev–Trinajstić information content (AvgIpc) is 2.75. The molecule has 0 radical (unpaired) electrons. The van der Waals surface area contributed by atoms with Crippen LogP contribution >= 0.6 is 0 Å². The van der Waals surface area contributed by atoms with Crippen LogP contribution in [0, 0.1) is 6.92 Å². The molecule has 0 saturated heterocycles. The average molecular weight is 423 g/mol. The summed E-state index contributed by atoms with van der Waals surface area (Å²) < 4.78 is 5.97. The smallest absolute Gasteiger partial charge is 0.260 e. The third-order valence-electron chi connectivity index (χ3n) is 5.81. The van der Waals surface area contributed by atoms with Crippen LogP contribution in [0.3, 0.4) is 0 Å². The topological polar surface area (TPSA) is 58.6 Å². The molecule has 1 N–H and O–H groups in total. The lowest BCUT2D eigenvalue weighted by molar-refractivity contribution is -0.132. The van der Waals surface area contributed by atoms with Gasteiger partial charge in [0, 0.05) is 26.1 Å². The molecule has 0 fully saturated rings. The van der Waals surface area contributed by atoms with E-state index in [1.807, 2.05) is 30.0 Å². The zero-order valence-corrected chi connectivity index (χ0v) is 19.1. The van der Waals surface area contributed by atoms with Crippen molar-refractivity contribution in [1.82, 2.24) is 10.2 Å². The van der Waals surface area contributed by atoms with Crippen molar-refractivity contribution in [1.29, 1.82) is 0 Å². The van der Waals surface area contributed by atoms with Gasteiger partial charge in [-0.1, -0.05) is 50.2 Å². The van der Waals surface area contributed by atoms with Gasteiger partial charge in [-0.3, -0.25) is 9.59 Å². The summed E-state index contributed by atoms with van der Waals surface area (Å²) in [6.45, 7) is 9.91. The molecule has 0 bridgehead atoms. The fraction of sp³-hybridized carbons (Fsp3) is 0.462. The molecule has 5 heteroatoms. The first-order valence-corrected chi connectivity index (χ1v) is 11.2. The van der Waals surface area contributed by atoms with Crippen LogP contribution in [0.25, 0.3) is 0 Å². The molecule has 31 heavy (non-hydrogen) atoms. The Morgan fingerprint density at radius 1 is 1.10 bits per heavy atom. The number of carbonyl (C=O) groups is 2. The van der Waals surface area contributed by atoms with Crippen molar-refractivity contribution in [2.45, 2.75) is 65.5 Å². The van der Waals surface area contributed by atoms with Crippen molar-refractivity contribution in [3.05, 3.63) is 64.7 Å². The minimum Gasteiger partial charge on any atom is -0.481 e. The van der Waals surface area contributed by atoms with E-state index in [9.17, 15) is 9.59 Å². The summed E-state index contributed by atoms with van der Waals surface area (Å²) in [5.74, 6) is 1.07. The predicted octanol–water partition coefficient (Wildman–Crippen LogP) is 4.37. The van der Waals surface area contributed by atoms with Crippen LogP contribution in [-0.4, -0.2) is 35.9 Å². The molecule has 3 rings (SSSR count). The number of aryl methyl sites for hydroxylation is 1. The molecule has 0 saturated carbocycles. The third kappa shape index (κ3) is 6.09. The number of nitrogens with one attached hydrogen (secondary N) is 1. The van der Waals surface area contributed by atoms with E-state index >= 15 is 0 Å². The number of hydrogen-bond acceptors (Lipinski definition) is 3. The van der Waals surface area contributed by atoms with Gasteiger partial charge in [-0.2, -0.15) is 0 Å².